The summed E-state index contributed by atoms with van der Waals surface area (Å²) in [6, 6.07) is 7.04. The highest BCUT2D eigenvalue weighted by Crippen LogP contribution is 2.28. The van der Waals surface area contributed by atoms with Gasteiger partial charge in [-0.25, -0.2) is 0 Å². The molecule has 1 aliphatic heterocycles. The predicted octanol–water partition coefficient (Wildman–Crippen LogP) is -0.990. The van der Waals surface area contributed by atoms with Gasteiger partial charge in [0.05, 0.1) is 6.42 Å². The number of hydrogen-bond donors (Lipinski definition) is 14. The van der Waals surface area contributed by atoms with E-state index in [2.05, 4.69) is 57.5 Å². The summed E-state index contributed by atoms with van der Waals surface area (Å²) in [6.45, 7) is 1.55. The van der Waals surface area contributed by atoms with Gasteiger partial charge in [-0.3, -0.25) is 53.1 Å². The highest BCUT2D eigenvalue weighted by Gasteiger charge is 2.36. The summed E-state index contributed by atoms with van der Waals surface area (Å²) in [6.07, 6.45) is 7.28. The van der Waals surface area contributed by atoms with E-state index in [0.717, 1.165) is 43.0 Å². The van der Waals surface area contributed by atoms with Crippen LogP contribution in [0.5, 0.6) is 0 Å². The molecule has 5 rings (SSSR count). The molecule has 430 valence electrons. The van der Waals surface area contributed by atoms with E-state index < -0.39 is 102 Å². The van der Waals surface area contributed by atoms with Gasteiger partial charge in [-0.05, 0) is 68.1 Å². The number of fused-ring (bicyclic) bond motifs is 1. The van der Waals surface area contributed by atoms with Gasteiger partial charge in [-0.15, -0.1) is 0 Å². The van der Waals surface area contributed by atoms with Gasteiger partial charge in [0.25, 0.3) is 0 Å². The Morgan fingerprint density at radius 2 is 1.23 bits per heavy atom. The number of nitrogens with two attached hydrogens (primary N) is 5. The Hall–Kier alpha value is -8.25. The van der Waals surface area contributed by atoms with Crippen LogP contribution >= 0.6 is 0 Å². The number of benzene rings is 2. The van der Waals surface area contributed by atoms with E-state index in [0.29, 0.717) is 30.4 Å². The summed E-state index contributed by atoms with van der Waals surface area (Å²) in [5.41, 5.74) is 30.1. The molecule has 2 aliphatic rings. The maximum atomic E-state index is 14.9. The Labute approximate surface area is 459 Å². The van der Waals surface area contributed by atoms with Crippen molar-refractivity contribution in [3.63, 3.8) is 0 Å². The summed E-state index contributed by atoms with van der Waals surface area (Å²) in [5.74, 6) is -7.02. The van der Waals surface area contributed by atoms with E-state index in [1.807, 2.05) is 24.3 Å². The molecule has 0 radical (unpaired) electrons. The highest BCUT2D eigenvalue weighted by molar-refractivity contribution is 5.99. The number of para-hydroxylation sites is 1. The molecule has 1 saturated carbocycles. The van der Waals surface area contributed by atoms with Gasteiger partial charge < -0.3 is 76.2 Å². The zero-order valence-electron chi connectivity index (χ0n) is 45.0. The van der Waals surface area contributed by atoms with Crippen LogP contribution in [0.25, 0.3) is 10.9 Å². The number of aromatic amines is 1. The average Bonchev–Trinajstić information content (AvgIpc) is 3.82. The van der Waals surface area contributed by atoms with Crippen LogP contribution < -0.4 is 71.2 Å². The lowest BCUT2D eigenvalue weighted by molar-refractivity contribution is -0.136. The molecule has 3 aromatic rings. The first kappa shape index (κ1) is 61.6. The van der Waals surface area contributed by atoms with E-state index in [-0.39, 0.29) is 88.8 Å². The number of H-pyrrole nitrogens is 1. The van der Waals surface area contributed by atoms with Crippen molar-refractivity contribution in [3.8, 4) is 0 Å². The molecule has 1 saturated heterocycles. The molecule has 9 amide bonds. The fraction of sp³-hybridized carbons (Fsp3) is 0.537. The molecule has 0 unspecified atom stereocenters. The maximum Gasteiger partial charge on any atom is 0.243 e. The van der Waals surface area contributed by atoms with Crippen LogP contribution in [0, 0.1) is 5.92 Å². The number of amides is 9. The van der Waals surface area contributed by atoms with Crippen molar-refractivity contribution < 1.29 is 43.2 Å². The van der Waals surface area contributed by atoms with E-state index in [1.165, 1.54) is 6.92 Å². The van der Waals surface area contributed by atoms with Crippen molar-refractivity contribution in [3.05, 3.63) is 71.9 Å². The summed E-state index contributed by atoms with van der Waals surface area (Å²) < 4.78 is 0. The molecule has 2 aromatic carbocycles. The molecule has 19 N–H and O–H groups in total. The van der Waals surface area contributed by atoms with Crippen LogP contribution in [0.3, 0.4) is 0 Å². The van der Waals surface area contributed by atoms with Gasteiger partial charge in [-0.1, -0.05) is 93.5 Å². The second-order valence-electron chi connectivity index (χ2n) is 20.3. The molecule has 25 nitrogen and oxygen atoms in total. The minimum Gasteiger partial charge on any atom is -0.370 e. The lowest BCUT2D eigenvalue weighted by Gasteiger charge is -2.30. The molecular weight excluding hydrogens is 1020 g/mol. The van der Waals surface area contributed by atoms with Crippen LogP contribution in [0.1, 0.15) is 114 Å². The summed E-state index contributed by atoms with van der Waals surface area (Å²) >= 11 is 0. The number of primary amides is 1. The van der Waals surface area contributed by atoms with Crippen LogP contribution in [0.15, 0.2) is 70.8 Å². The number of aliphatic imine (C=N–C) groups is 2. The van der Waals surface area contributed by atoms with Crippen LogP contribution in [0.2, 0.25) is 0 Å². The minimum atomic E-state index is -1.56. The molecule has 79 heavy (non-hydrogen) atoms. The largest absolute Gasteiger partial charge is 0.370 e. The van der Waals surface area contributed by atoms with Gasteiger partial charge >= 0.3 is 0 Å². The fourth-order valence-corrected chi connectivity index (χ4v) is 9.83. The Kier molecular flexibility index (Phi) is 24.8. The Morgan fingerprint density at radius 1 is 0.646 bits per heavy atom. The number of carbonyl (C=O) groups excluding carboxylic acids is 9. The third-order valence-corrected chi connectivity index (χ3v) is 14.0. The number of guanidine groups is 2. The SMILES string of the molecule is CC(=O)N[C@@H](CCCN=C(N)N)C(=O)N[C@H]1CC(=O)NCCCCC[C@@H](C(N)=O)NC(=O)[C@H](Cc2c[nH]c3ccccc23)NC(=O)[C@H](CCCN=C(N)N)NC(=O)[C@@H](Cc2ccccc2)NC(=O)[C@@H](CC2CCCCC2)NC1=O. The van der Waals surface area contributed by atoms with Gasteiger partial charge in [0.2, 0.25) is 53.2 Å². The topological polar surface area (TPSA) is 420 Å². The van der Waals surface area contributed by atoms with Crippen molar-refractivity contribution >= 4 is 76.0 Å². The Morgan fingerprint density at radius 3 is 1.91 bits per heavy atom. The molecule has 25 heteroatoms. The molecule has 2 heterocycles. The van der Waals surface area contributed by atoms with Gasteiger partial charge in [0.1, 0.15) is 42.3 Å². The Bertz CT molecular complexity index is 2610. The first-order valence-corrected chi connectivity index (χ1v) is 27.2. The average molecular weight is 1100 g/mol. The lowest BCUT2D eigenvalue weighted by atomic mass is 9.84. The third-order valence-electron chi connectivity index (χ3n) is 14.0. The van der Waals surface area contributed by atoms with Gasteiger partial charge in [0, 0.05) is 56.5 Å². The molecule has 1 aliphatic carbocycles. The van der Waals surface area contributed by atoms with Crippen LogP contribution in [0.4, 0.5) is 0 Å². The summed E-state index contributed by atoms with van der Waals surface area (Å²) in [4.78, 5) is 137. The van der Waals surface area contributed by atoms with Crippen molar-refractivity contribution in [2.75, 3.05) is 19.6 Å². The zero-order chi connectivity index (χ0) is 57.3. The Balaban J connectivity index is 1.54. The number of nitrogens with one attached hydrogen (secondary N) is 9. The molecule has 0 spiro atoms. The van der Waals surface area contributed by atoms with Gasteiger partial charge in [0.15, 0.2) is 11.9 Å². The molecule has 0 bridgehead atoms. The number of carbonyl (C=O) groups is 9. The maximum absolute atomic E-state index is 14.9. The van der Waals surface area contributed by atoms with E-state index in [4.69, 9.17) is 28.7 Å². The lowest BCUT2D eigenvalue weighted by Crippen LogP contribution is -2.61. The van der Waals surface area contributed by atoms with Crippen molar-refractivity contribution in [2.24, 2.45) is 44.6 Å². The summed E-state index contributed by atoms with van der Waals surface area (Å²) in [5, 5.41) is 22.8. The predicted molar refractivity (Wildman–Crippen MR) is 298 cm³/mol. The second kappa shape index (κ2) is 31.8. The van der Waals surface area contributed by atoms with E-state index >= 15 is 0 Å². The molecule has 2 fully saturated rings. The first-order valence-electron chi connectivity index (χ1n) is 27.2. The van der Waals surface area contributed by atoms with E-state index in [9.17, 15) is 43.2 Å². The fourth-order valence-electron chi connectivity index (χ4n) is 9.83. The quantitative estimate of drug-likeness (QED) is 0.0414. The number of aromatic nitrogens is 1. The number of nitrogens with zero attached hydrogens (tertiary/aromatic N) is 2. The zero-order valence-corrected chi connectivity index (χ0v) is 45.0. The van der Waals surface area contributed by atoms with Gasteiger partial charge in [-0.2, -0.15) is 0 Å². The van der Waals surface area contributed by atoms with Crippen molar-refractivity contribution in [2.45, 2.75) is 158 Å². The monoisotopic (exact) mass is 1100 g/mol. The van der Waals surface area contributed by atoms with Crippen molar-refractivity contribution in [1.29, 1.82) is 0 Å². The van der Waals surface area contributed by atoms with Crippen LogP contribution in [-0.4, -0.2) is 132 Å². The number of rotatable bonds is 18. The van der Waals surface area contributed by atoms with Crippen molar-refractivity contribution in [1.82, 2.24) is 47.5 Å². The number of hydrogen-bond acceptors (Lipinski definition) is 11. The second-order valence-corrected chi connectivity index (χ2v) is 20.3. The minimum absolute atomic E-state index is 0.0188. The molecule has 1 aromatic heterocycles. The normalized spacial score (nSPS) is 22.2. The molecular formula is C54H80N16O9. The third kappa shape index (κ3) is 21.2. The first-order chi connectivity index (χ1) is 37.9. The van der Waals surface area contributed by atoms with Crippen LogP contribution in [-0.2, 0) is 56.0 Å². The van der Waals surface area contributed by atoms with E-state index in [1.54, 1.807) is 36.5 Å². The highest BCUT2D eigenvalue weighted by atomic mass is 16.2. The summed E-state index contributed by atoms with van der Waals surface area (Å²) in [7, 11) is 0. The molecule has 7 atom stereocenters. The standard InChI is InChI=1S/C54H80N16O9/c1-32(71)64-39(22-13-25-61-53(56)57)47(74)70-44-30-45(72)60-24-12-4-9-21-38(46(55)73)65-51(78)43(29-35-31-63-37-20-11-10-19-36(35)37)69-48(75)40(23-14-26-62-54(58)59)66-49(76)41(27-33-15-5-2-6-16-33)67-50(77)42(68-52(44)79)28-34-17-7-3-8-18-34/h2,5-6,10-11,15-16,19-20,31,34,38-44,63H,3-4,7-9,12-14,17-18,21-30H2,1H3,(H2,55,73)(H,60,72)(H,64,71)(H,65,78)(H,66,76)(H,67,77)(H,68,79)(H,69,75)(H,70,74)(H4,56,57,61)(H4,58,59,62)/t38-,39-,40-,41+,42+,43-,44-/m0/s1. The smallest absolute Gasteiger partial charge is 0.243 e.